The molecular weight excluding hydrogens is 142 g/mol. The molecule has 0 N–H and O–H groups in total. The summed E-state index contributed by atoms with van der Waals surface area (Å²) in [6.07, 6.45) is 5.04. The Morgan fingerprint density at radius 1 is 1.60 bits per heavy atom. The molecule has 0 aromatic rings. The second-order valence-electron chi connectivity index (χ2n) is 2.88. The first-order valence-corrected chi connectivity index (χ1v) is 5.51. The van der Waals surface area contributed by atoms with Gasteiger partial charge in [0, 0.05) is 11.8 Å². The molecule has 0 saturated carbocycles. The van der Waals surface area contributed by atoms with Crippen molar-refractivity contribution < 1.29 is 0 Å². The minimum atomic E-state index is 0.889. The Balaban J connectivity index is 2.27. The normalized spacial score (nSPS) is 27.6. The highest BCUT2D eigenvalue weighted by molar-refractivity contribution is 7.98. The Labute approximate surface area is 68.2 Å². The maximum atomic E-state index is 2.59. The third-order valence-corrected chi connectivity index (χ3v) is 2.98. The fourth-order valence-electron chi connectivity index (χ4n) is 1.69. The lowest BCUT2D eigenvalue weighted by Crippen LogP contribution is -2.30. The fourth-order valence-corrected chi connectivity index (χ4v) is 2.45. The van der Waals surface area contributed by atoms with Crippen LogP contribution in [0.1, 0.15) is 19.8 Å². The quantitative estimate of drug-likeness (QED) is 0.618. The van der Waals surface area contributed by atoms with Crippen molar-refractivity contribution >= 4 is 11.8 Å². The van der Waals surface area contributed by atoms with Crippen molar-refractivity contribution in [1.29, 1.82) is 0 Å². The second-order valence-corrected chi connectivity index (χ2v) is 3.79. The number of nitrogens with zero attached hydrogens (tertiary/aromatic N) is 1. The van der Waals surface area contributed by atoms with Gasteiger partial charge in [-0.05, 0) is 32.2 Å². The van der Waals surface area contributed by atoms with Crippen LogP contribution in [0.15, 0.2) is 0 Å². The summed E-state index contributed by atoms with van der Waals surface area (Å²) in [5.74, 6) is 1.33. The monoisotopic (exact) mass is 159 g/mol. The number of hydrogen-bond donors (Lipinski definition) is 0. The lowest BCUT2D eigenvalue weighted by Gasteiger charge is -2.21. The van der Waals surface area contributed by atoms with Gasteiger partial charge in [-0.25, -0.2) is 0 Å². The van der Waals surface area contributed by atoms with E-state index in [2.05, 4.69) is 18.1 Å². The Kier molecular flexibility index (Phi) is 3.57. The highest BCUT2D eigenvalue weighted by Crippen LogP contribution is 2.19. The van der Waals surface area contributed by atoms with E-state index in [1.54, 1.807) is 0 Å². The van der Waals surface area contributed by atoms with E-state index < -0.39 is 0 Å². The number of hydrogen-bond acceptors (Lipinski definition) is 2. The molecule has 1 aliphatic heterocycles. The Bertz CT molecular complexity index is 95.3. The van der Waals surface area contributed by atoms with Crippen molar-refractivity contribution in [3.63, 3.8) is 0 Å². The van der Waals surface area contributed by atoms with Crippen LogP contribution in [-0.2, 0) is 0 Å². The van der Waals surface area contributed by atoms with Crippen LogP contribution in [0.25, 0.3) is 0 Å². The van der Waals surface area contributed by atoms with Gasteiger partial charge in [0.2, 0.25) is 0 Å². The number of likely N-dealkylation sites (tertiary alicyclic amines) is 1. The van der Waals surface area contributed by atoms with E-state index in [1.807, 2.05) is 11.8 Å². The first-order chi connectivity index (χ1) is 4.88. The maximum Gasteiger partial charge on any atom is 0.0186 e. The van der Waals surface area contributed by atoms with Gasteiger partial charge in [-0.2, -0.15) is 11.8 Å². The van der Waals surface area contributed by atoms with E-state index in [0.29, 0.717) is 0 Å². The van der Waals surface area contributed by atoms with E-state index in [-0.39, 0.29) is 0 Å². The molecule has 1 unspecified atom stereocenters. The largest absolute Gasteiger partial charge is 0.300 e. The van der Waals surface area contributed by atoms with Crippen LogP contribution >= 0.6 is 11.8 Å². The summed E-state index contributed by atoms with van der Waals surface area (Å²) in [4.78, 5) is 2.59. The molecule has 2 heteroatoms. The summed E-state index contributed by atoms with van der Waals surface area (Å²) in [5.41, 5.74) is 0. The van der Waals surface area contributed by atoms with Gasteiger partial charge in [-0.3, -0.25) is 4.90 Å². The SMILES string of the molecule is CCN1CCCC1CSC. The van der Waals surface area contributed by atoms with Crippen LogP contribution in [0, 0.1) is 0 Å². The summed E-state index contributed by atoms with van der Waals surface area (Å²) in [5, 5.41) is 0. The van der Waals surface area contributed by atoms with Gasteiger partial charge in [0.1, 0.15) is 0 Å². The third kappa shape index (κ3) is 1.89. The zero-order valence-corrected chi connectivity index (χ0v) is 7.78. The van der Waals surface area contributed by atoms with Crippen LogP contribution in [-0.4, -0.2) is 36.0 Å². The topological polar surface area (TPSA) is 3.24 Å². The van der Waals surface area contributed by atoms with Crippen LogP contribution in [0.2, 0.25) is 0 Å². The molecule has 1 nitrogen and oxygen atoms in total. The van der Waals surface area contributed by atoms with Crippen LogP contribution in [0.3, 0.4) is 0 Å². The highest BCUT2D eigenvalue weighted by Gasteiger charge is 2.21. The molecular formula is C8H17NS. The molecule has 0 aromatic heterocycles. The zero-order chi connectivity index (χ0) is 7.40. The molecule has 1 saturated heterocycles. The molecule has 0 spiro atoms. The van der Waals surface area contributed by atoms with Gasteiger partial charge in [-0.15, -0.1) is 0 Å². The molecule has 0 aromatic carbocycles. The van der Waals surface area contributed by atoms with Gasteiger partial charge >= 0.3 is 0 Å². The van der Waals surface area contributed by atoms with Crippen molar-refractivity contribution in [1.82, 2.24) is 4.90 Å². The molecule has 1 heterocycles. The summed E-state index contributed by atoms with van der Waals surface area (Å²) >= 11 is 1.98. The molecule has 60 valence electrons. The number of thioether (sulfide) groups is 1. The molecule has 1 fully saturated rings. The Morgan fingerprint density at radius 2 is 2.40 bits per heavy atom. The van der Waals surface area contributed by atoms with E-state index >= 15 is 0 Å². The third-order valence-electron chi connectivity index (χ3n) is 2.26. The molecule has 0 bridgehead atoms. The fraction of sp³-hybridized carbons (Fsp3) is 1.00. The second kappa shape index (κ2) is 4.24. The lowest BCUT2D eigenvalue weighted by molar-refractivity contribution is 0.287. The average molecular weight is 159 g/mol. The van der Waals surface area contributed by atoms with Crippen molar-refractivity contribution in [3.05, 3.63) is 0 Å². The molecule has 0 aliphatic carbocycles. The van der Waals surface area contributed by atoms with Crippen molar-refractivity contribution in [3.8, 4) is 0 Å². The number of rotatable bonds is 3. The van der Waals surface area contributed by atoms with Crippen LogP contribution < -0.4 is 0 Å². The van der Waals surface area contributed by atoms with E-state index in [0.717, 1.165) is 6.04 Å². The van der Waals surface area contributed by atoms with Gasteiger partial charge in [0.05, 0.1) is 0 Å². The molecule has 1 atom stereocenters. The average Bonchev–Trinajstić information content (AvgIpc) is 2.36. The molecule has 1 rings (SSSR count). The molecule has 0 radical (unpaired) electrons. The van der Waals surface area contributed by atoms with E-state index in [1.165, 1.54) is 31.7 Å². The molecule has 0 amide bonds. The smallest absolute Gasteiger partial charge is 0.0186 e. The van der Waals surface area contributed by atoms with Crippen molar-refractivity contribution in [2.75, 3.05) is 25.1 Å². The predicted molar refractivity (Wildman–Crippen MR) is 48.7 cm³/mol. The summed E-state index contributed by atoms with van der Waals surface area (Å²) < 4.78 is 0. The van der Waals surface area contributed by atoms with Crippen LogP contribution in [0.5, 0.6) is 0 Å². The van der Waals surface area contributed by atoms with Crippen LogP contribution in [0.4, 0.5) is 0 Å². The first kappa shape index (κ1) is 8.41. The maximum absolute atomic E-state index is 2.59. The zero-order valence-electron chi connectivity index (χ0n) is 6.97. The van der Waals surface area contributed by atoms with Gasteiger partial charge < -0.3 is 0 Å². The highest BCUT2D eigenvalue weighted by atomic mass is 32.2. The van der Waals surface area contributed by atoms with Gasteiger partial charge in [0.15, 0.2) is 0 Å². The minimum Gasteiger partial charge on any atom is -0.300 e. The van der Waals surface area contributed by atoms with Gasteiger partial charge in [0.25, 0.3) is 0 Å². The summed E-state index contributed by atoms with van der Waals surface area (Å²) in [7, 11) is 0. The standard InChI is InChI=1S/C8H17NS/c1-3-9-6-4-5-8(9)7-10-2/h8H,3-7H2,1-2H3. The summed E-state index contributed by atoms with van der Waals surface area (Å²) in [6.45, 7) is 4.84. The Morgan fingerprint density at radius 3 is 3.00 bits per heavy atom. The molecule has 10 heavy (non-hydrogen) atoms. The van der Waals surface area contributed by atoms with Crippen molar-refractivity contribution in [2.45, 2.75) is 25.8 Å². The van der Waals surface area contributed by atoms with E-state index in [4.69, 9.17) is 0 Å². The van der Waals surface area contributed by atoms with E-state index in [9.17, 15) is 0 Å². The minimum absolute atomic E-state index is 0.889. The molecule has 1 aliphatic rings. The Hall–Kier alpha value is 0.310. The lowest BCUT2D eigenvalue weighted by atomic mass is 10.2. The van der Waals surface area contributed by atoms with Gasteiger partial charge in [-0.1, -0.05) is 6.92 Å². The predicted octanol–water partition coefficient (Wildman–Crippen LogP) is 1.83. The summed E-state index contributed by atoms with van der Waals surface area (Å²) in [6, 6.07) is 0.889. The van der Waals surface area contributed by atoms with Crippen molar-refractivity contribution in [2.24, 2.45) is 0 Å². The first-order valence-electron chi connectivity index (χ1n) is 4.11.